The standard InChI is InChI=1S/C20H37N3/c21-16-18-12-10-8-6-4-2-1-3-5-7-9-11-13-20(18)23-15-14-19(22)17-23/h18-20H,1-15,17,22H2. The number of hydrogen-bond donors (Lipinski definition) is 1. The van der Waals surface area contributed by atoms with Gasteiger partial charge in [-0.2, -0.15) is 5.26 Å². The molecule has 0 aromatic carbocycles. The molecule has 0 radical (unpaired) electrons. The molecule has 2 rings (SSSR count). The van der Waals surface area contributed by atoms with Crippen LogP contribution in [0.25, 0.3) is 0 Å². The summed E-state index contributed by atoms with van der Waals surface area (Å²) in [4.78, 5) is 2.54. The predicted octanol–water partition coefficient (Wildman–Crippen LogP) is 4.61. The first kappa shape index (κ1) is 18.7. The molecule has 3 unspecified atom stereocenters. The molecule has 0 spiro atoms. The van der Waals surface area contributed by atoms with Crippen LogP contribution in [0.4, 0.5) is 0 Å². The van der Waals surface area contributed by atoms with Crippen LogP contribution in [-0.2, 0) is 0 Å². The van der Waals surface area contributed by atoms with Crippen molar-refractivity contribution in [2.75, 3.05) is 13.1 Å². The fourth-order valence-electron chi connectivity index (χ4n) is 4.41. The smallest absolute Gasteiger partial charge is 0.0672 e. The van der Waals surface area contributed by atoms with Crippen LogP contribution in [0, 0.1) is 17.2 Å². The maximum Gasteiger partial charge on any atom is 0.0672 e. The second-order valence-corrected chi connectivity index (χ2v) is 7.81. The molecule has 3 heteroatoms. The highest BCUT2D eigenvalue weighted by Gasteiger charge is 2.31. The average molecular weight is 320 g/mol. The van der Waals surface area contributed by atoms with Gasteiger partial charge in [-0.15, -0.1) is 0 Å². The molecule has 1 heterocycles. The summed E-state index contributed by atoms with van der Waals surface area (Å²) in [5.74, 6) is 0.213. The van der Waals surface area contributed by atoms with Gasteiger partial charge in [-0.05, 0) is 19.3 Å². The Hall–Kier alpha value is -0.590. The highest BCUT2D eigenvalue weighted by atomic mass is 15.2. The second-order valence-electron chi connectivity index (χ2n) is 7.81. The average Bonchev–Trinajstić information content (AvgIpc) is 2.97. The van der Waals surface area contributed by atoms with E-state index in [-0.39, 0.29) is 5.92 Å². The Morgan fingerprint density at radius 2 is 1.26 bits per heavy atom. The summed E-state index contributed by atoms with van der Waals surface area (Å²) in [6.45, 7) is 2.10. The fraction of sp³-hybridized carbons (Fsp3) is 0.950. The van der Waals surface area contributed by atoms with Gasteiger partial charge in [0.1, 0.15) is 0 Å². The van der Waals surface area contributed by atoms with E-state index in [0.29, 0.717) is 12.1 Å². The number of likely N-dealkylation sites (tertiary alicyclic amines) is 1. The van der Waals surface area contributed by atoms with Crippen LogP contribution in [0.2, 0.25) is 0 Å². The first-order chi connectivity index (χ1) is 11.3. The third kappa shape index (κ3) is 6.81. The highest BCUT2D eigenvalue weighted by molar-refractivity contribution is 4.96. The van der Waals surface area contributed by atoms with Crippen LogP contribution in [0.15, 0.2) is 0 Å². The normalized spacial score (nSPS) is 33.5. The first-order valence-corrected chi connectivity index (χ1v) is 10.2. The number of hydrogen-bond acceptors (Lipinski definition) is 3. The predicted molar refractivity (Wildman–Crippen MR) is 97.1 cm³/mol. The Labute approximate surface area is 143 Å². The van der Waals surface area contributed by atoms with Crippen LogP contribution in [0.1, 0.15) is 89.9 Å². The van der Waals surface area contributed by atoms with Gasteiger partial charge in [0.15, 0.2) is 0 Å². The molecular weight excluding hydrogens is 282 g/mol. The van der Waals surface area contributed by atoms with Crippen molar-refractivity contribution in [1.82, 2.24) is 4.90 Å². The second kappa shape index (κ2) is 11.0. The lowest BCUT2D eigenvalue weighted by atomic mass is 9.89. The van der Waals surface area contributed by atoms with Crippen LogP contribution < -0.4 is 5.73 Å². The lowest BCUT2D eigenvalue weighted by Crippen LogP contribution is -2.40. The van der Waals surface area contributed by atoms with E-state index in [1.165, 1.54) is 77.0 Å². The van der Waals surface area contributed by atoms with Gasteiger partial charge in [-0.1, -0.05) is 70.6 Å². The van der Waals surface area contributed by atoms with Gasteiger partial charge in [0.25, 0.3) is 0 Å². The van der Waals surface area contributed by atoms with Crippen LogP contribution >= 0.6 is 0 Å². The summed E-state index contributed by atoms with van der Waals surface area (Å²) >= 11 is 0. The van der Waals surface area contributed by atoms with E-state index in [0.717, 1.165) is 25.9 Å². The molecule has 0 amide bonds. The third-order valence-corrected chi connectivity index (χ3v) is 5.87. The molecule has 0 bridgehead atoms. The Kier molecular flexibility index (Phi) is 9.01. The zero-order chi connectivity index (χ0) is 16.3. The minimum atomic E-state index is 0.213. The quantitative estimate of drug-likeness (QED) is 0.767. The van der Waals surface area contributed by atoms with Gasteiger partial charge < -0.3 is 5.73 Å². The summed E-state index contributed by atoms with van der Waals surface area (Å²) in [7, 11) is 0. The molecule has 1 aliphatic heterocycles. The Bertz CT molecular complexity index is 349. The maximum absolute atomic E-state index is 9.73. The van der Waals surface area contributed by atoms with Crippen molar-refractivity contribution in [2.24, 2.45) is 11.7 Å². The van der Waals surface area contributed by atoms with E-state index < -0.39 is 0 Å². The van der Waals surface area contributed by atoms with Crippen molar-refractivity contribution < 1.29 is 0 Å². The topological polar surface area (TPSA) is 53.0 Å². The molecular formula is C20H37N3. The third-order valence-electron chi connectivity index (χ3n) is 5.87. The summed E-state index contributed by atoms with van der Waals surface area (Å²) in [6, 6.07) is 3.44. The monoisotopic (exact) mass is 319 g/mol. The molecule has 1 saturated carbocycles. The van der Waals surface area contributed by atoms with Crippen LogP contribution in [0.5, 0.6) is 0 Å². The van der Waals surface area contributed by atoms with Gasteiger partial charge >= 0.3 is 0 Å². The molecule has 2 fully saturated rings. The largest absolute Gasteiger partial charge is 0.326 e. The van der Waals surface area contributed by atoms with Gasteiger partial charge in [-0.25, -0.2) is 0 Å². The summed E-state index contributed by atoms with van der Waals surface area (Å²) in [5, 5.41) is 9.73. The molecule has 132 valence electrons. The number of nitriles is 1. The van der Waals surface area contributed by atoms with Crippen molar-refractivity contribution in [3.8, 4) is 6.07 Å². The summed E-state index contributed by atoms with van der Waals surface area (Å²) in [5.41, 5.74) is 6.12. The first-order valence-electron chi connectivity index (χ1n) is 10.2. The van der Waals surface area contributed by atoms with E-state index in [1.54, 1.807) is 0 Å². The molecule has 3 nitrogen and oxygen atoms in total. The van der Waals surface area contributed by atoms with Gasteiger partial charge in [-0.3, -0.25) is 4.90 Å². The van der Waals surface area contributed by atoms with Crippen molar-refractivity contribution in [3.63, 3.8) is 0 Å². The number of nitrogens with two attached hydrogens (primary N) is 1. The molecule has 1 aliphatic carbocycles. The molecule has 23 heavy (non-hydrogen) atoms. The number of nitrogens with zero attached hydrogens (tertiary/aromatic N) is 2. The zero-order valence-electron chi connectivity index (χ0n) is 15.0. The van der Waals surface area contributed by atoms with Crippen LogP contribution in [0.3, 0.4) is 0 Å². The van der Waals surface area contributed by atoms with E-state index in [9.17, 15) is 5.26 Å². The van der Waals surface area contributed by atoms with E-state index in [4.69, 9.17) is 5.73 Å². The lowest BCUT2D eigenvalue weighted by Gasteiger charge is -2.31. The van der Waals surface area contributed by atoms with Crippen LogP contribution in [-0.4, -0.2) is 30.1 Å². The highest BCUT2D eigenvalue weighted by Crippen LogP contribution is 2.27. The summed E-state index contributed by atoms with van der Waals surface area (Å²) < 4.78 is 0. The molecule has 0 aromatic heterocycles. The Balaban J connectivity index is 1.91. The SMILES string of the molecule is N#CC1CCCCCCCCCCCCCC1N1CCC(N)C1. The minimum absolute atomic E-state index is 0.213. The van der Waals surface area contributed by atoms with Crippen molar-refractivity contribution in [1.29, 1.82) is 5.26 Å². The van der Waals surface area contributed by atoms with Gasteiger partial charge in [0.2, 0.25) is 0 Å². The van der Waals surface area contributed by atoms with Crippen molar-refractivity contribution in [2.45, 2.75) is 102 Å². The van der Waals surface area contributed by atoms with Gasteiger partial charge in [0.05, 0.1) is 12.0 Å². The van der Waals surface area contributed by atoms with E-state index in [2.05, 4.69) is 11.0 Å². The molecule has 2 aliphatic rings. The maximum atomic E-state index is 9.73. The van der Waals surface area contributed by atoms with Crippen molar-refractivity contribution in [3.05, 3.63) is 0 Å². The molecule has 3 atom stereocenters. The minimum Gasteiger partial charge on any atom is -0.326 e. The molecule has 2 N–H and O–H groups in total. The van der Waals surface area contributed by atoms with E-state index >= 15 is 0 Å². The Morgan fingerprint density at radius 3 is 1.74 bits per heavy atom. The zero-order valence-corrected chi connectivity index (χ0v) is 15.0. The number of rotatable bonds is 1. The van der Waals surface area contributed by atoms with Crippen molar-refractivity contribution >= 4 is 0 Å². The van der Waals surface area contributed by atoms with E-state index in [1.807, 2.05) is 0 Å². The van der Waals surface area contributed by atoms with Gasteiger partial charge in [0, 0.05) is 25.2 Å². The lowest BCUT2D eigenvalue weighted by molar-refractivity contribution is 0.175. The summed E-state index contributed by atoms with van der Waals surface area (Å²) in [6.07, 6.45) is 18.4. The Morgan fingerprint density at radius 1 is 0.739 bits per heavy atom. The molecule has 1 saturated heterocycles. The fourth-order valence-corrected chi connectivity index (χ4v) is 4.41. The molecule has 0 aromatic rings.